The summed E-state index contributed by atoms with van der Waals surface area (Å²) in [5, 5.41) is 1.95. The number of thiazole rings is 1. The first-order chi connectivity index (χ1) is 10.3. The Morgan fingerprint density at radius 1 is 1.24 bits per heavy atom. The van der Waals surface area contributed by atoms with E-state index in [2.05, 4.69) is 4.98 Å². The highest BCUT2D eigenvalue weighted by molar-refractivity contribution is 7.15. The Bertz CT molecular complexity index is 744. The van der Waals surface area contributed by atoms with Gasteiger partial charge in [-0.3, -0.25) is 4.40 Å². The van der Waals surface area contributed by atoms with Gasteiger partial charge in [-0.25, -0.2) is 0 Å². The number of imidazole rings is 1. The molecule has 0 saturated heterocycles. The Balaban J connectivity index is 2.07. The molecule has 2 aromatic heterocycles. The Morgan fingerprint density at radius 2 is 1.95 bits per heavy atom. The normalized spacial score (nSPS) is 10.8. The first-order valence-corrected chi connectivity index (χ1v) is 7.19. The number of para-hydroxylation sites is 1. The smallest absolute Gasteiger partial charge is 0.243 e. The van der Waals surface area contributed by atoms with Crippen molar-refractivity contribution in [3.8, 4) is 23.1 Å². The molecule has 0 amide bonds. The second-order valence-corrected chi connectivity index (χ2v) is 5.09. The second-order valence-electron chi connectivity index (χ2n) is 4.22. The van der Waals surface area contributed by atoms with Crippen molar-refractivity contribution in [1.82, 2.24) is 9.38 Å². The van der Waals surface area contributed by atoms with E-state index in [4.69, 9.17) is 19.9 Å². The summed E-state index contributed by atoms with van der Waals surface area (Å²) < 4.78 is 18.5. The van der Waals surface area contributed by atoms with E-state index in [1.807, 2.05) is 22.0 Å². The number of hydrogen-bond donors (Lipinski definition) is 1. The summed E-state index contributed by atoms with van der Waals surface area (Å²) >= 11 is 1.52. The number of hydrogen-bond acceptors (Lipinski definition) is 6. The van der Waals surface area contributed by atoms with Gasteiger partial charge in [-0.2, -0.15) is 4.98 Å². The zero-order chi connectivity index (χ0) is 14.8. The van der Waals surface area contributed by atoms with Gasteiger partial charge in [-0.05, 0) is 12.1 Å². The fourth-order valence-electron chi connectivity index (χ4n) is 2.09. The Hall–Kier alpha value is -2.25. The molecule has 0 bridgehead atoms. The minimum Gasteiger partial charge on any atom is -0.493 e. The number of nitrogens with zero attached hydrogens (tertiary/aromatic N) is 2. The molecule has 7 heteroatoms. The molecule has 0 radical (unpaired) electrons. The first kappa shape index (κ1) is 13.7. The zero-order valence-electron chi connectivity index (χ0n) is 11.7. The van der Waals surface area contributed by atoms with Crippen LogP contribution in [0.1, 0.15) is 5.69 Å². The van der Waals surface area contributed by atoms with Crippen LogP contribution in [0.15, 0.2) is 29.8 Å². The third-order valence-electron chi connectivity index (χ3n) is 3.10. The molecule has 1 aromatic carbocycles. The highest BCUT2D eigenvalue weighted by Crippen LogP contribution is 2.40. The van der Waals surface area contributed by atoms with Gasteiger partial charge in [-0.15, -0.1) is 11.3 Å². The first-order valence-electron chi connectivity index (χ1n) is 6.31. The monoisotopic (exact) mass is 305 g/mol. The van der Waals surface area contributed by atoms with Gasteiger partial charge in [-0.1, -0.05) is 6.07 Å². The van der Waals surface area contributed by atoms with Gasteiger partial charge in [0.1, 0.15) is 5.69 Å². The Kier molecular flexibility index (Phi) is 3.68. The molecule has 0 spiro atoms. The van der Waals surface area contributed by atoms with Crippen molar-refractivity contribution in [2.75, 3.05) is 14.2 Å². The zero-order valence-corrected chi connectivity index (χ0v) is 12.5. The number of rotatable bonds is 5. The fourth-order valence-corrected chi connectivity index (χ4v) is 2.82. The molecule has 110 valence electrons. The van der Waals surface area contributed by atoms with Crippen LogP contribution in [0.5, 0.6) is 23.1 Å². The van der Waals surface area contributed by atoms with E-state index in [-0.39, 0.29) is 0 Å². The predicted molar refractivity (Wildman–Crippen MR) is 80.6 cm³/mol. The minimum atomic E-state index is 0.324. The molecule has 0 unspecified atom stereocenters. The van der Waals surface area contributed by atoms with E-state index < -0.39 is 0 Å². The standard InChI is InChI=1S/C14H15N3O3S/c1-18-10-4-3-5-11(19-2)12(10)20-13-9(8-15)17-6-7-21-14(17)16-13/h3-7H,8,15H2,1-2H3. The van der Waals surface area contributed by atoms with Gasteiger partial charge in [0.05, 0.1) is 14.2 Å². The number of fused-ring (bicyclic) bond motifs is 1. The molecule has 21 heavy (non-hydrogen) atoms. The third-order valence-corrected chi connectivity index (χ3v) is 3.86. The minimum absolute atomic E-state index is 0.324. The predicted octanol–water partition coefficient (Wildman–Crippen LogP) is 2.66. The fraction of sp³-hybridized carbons (Fsp3) is 0.214. The van der Waals surface area contributed by atoms with E-state index in [1.54, 1.807) is 26.4 Å². The van der Waals surface area contributed by atoms with E-state index in [9.17, 15) is 0 Å². The van der Waals surface area contributed by atoms with E-state index >= 15 is 0 Å². The Labute approximate surface area is 125 Å². The molecule has 2 N–H and O–H groups in total. The number of ether oxygens (including phenoxy) is 3. The number of aromatic nitrogens is 2. The van der Waals surface area contributed by atoms with Crippen molar-refractivity contribution in [3.05, 3.63) is 35.5 Å². The van der Waals surface area contributed by atoms with Gasteiger partial charge >= 0.3 is 0 Å². The lowest BCUT2D eigenvalue weighted by Gasteiger charge is -2.13. The van der Waals surface area contributed by atoms with Crippen LogP contribution in [0.25, 0.3) is 4.96 Å². The maximum absolute atomic E-state index is 5.93. The van der Waals surface area contributed by atoms with Crippen LogP contribution in [0.3, 0.4) is 0 Å². The van der Waals surface area contributed by atoms with Crippen molar-refractivity contribution < 1.29 is 14.2 Å². The van der Waals surface area contributed by atoms with Gasteiger partial charge in [0.25, 0.3) is 0 Å². The van der Waals surface area contributed by atoms with Gasteiger partial charge in [0.2, 0.25) is 11.6 Å². The molecular formula is C14H15N3O3S. The van der Waals surface area contributed by atoms with Gasteiger partial charge in [0, 0.05) is 18.1 Å². The average molecular weight is 305 g/mol. The van der Waals surface area contributed by atoms with Crippen LogP contribution < -0.4 is 19.9 Å². The molecule has 3 rings (SSSR count). The SMILES string of the molecule is COc1cccc(OC)c1Oc1nc2sccn2c1CN. The van der Waals surface area contributed by atoms with Crippen molar-refractivity contribution in [1.29, 1.82) is 0 Å². The summed E-state index contributed by atoms with van der Waals surface area (Å²) in [5.74, 6) is 2.11. The molecule has 0 fully saturated rings. The highest BCUT2D eigenvalue weighted by atomic mass is 32.1. The van der Waals surface area contributed by atoms with Crippen molar-refractivity contribution in [2.24, 2.45) is 5.73 Å². The summed E-state index contributed by atoms with van der Waals surface area (Å²) in [6.45, 7) is 0.324. The lowest BCUT2D eigenvalue weighted by Crippen LogP contribution is -2.02. The van der Waals surface area contributed by atoms with Crippen LogP contribution in [-0.4, -0.2) is 23.6 Å². The maximum atomic E-state index is 5.93. The van der Waals surface area contributed by atoms with Crippen molar-refractivity contribution in [3.63, 3.8) is 0 Å². The van der Waals surface area contributed by atoms with Crippen LogP contribution in [-0.2, 0) is 6.54 Å². The van der Waals surface area contributed by atoms with E-state index in [0.717, 1.165) is 10.7 Å². The summed E-state index contributed by atoms with van der Waals surface area (Å²) in [7, 11) is 3.16. The summed E-state index contributed by atoms with van der Waals surface area (Å²) in [5.41, 5.74) is 6.62. The third kappa shape index (κ3) is 2.30. The van der Waals surface area contributed by atoms with Crippen molar-refractivity contribution in [2.45, 2.75) is 6.54 Å². The quantitative estimate of drug-likeness (QED) is 0.784. The average Bonchev–Trinajstić information content (AvgIpc) is 3.07. The molecule has 0 saturated carbocycles. The molecule has 0 aliphatic rings. The number of benzene rings is 1. The number of nitrogens with two attached hydrogens (primary N) is 1. The molecule has 6 nitrogen and oxygen atoms in total. The van der Waals surface area contributed by atoms with Crippen LogP contribution in [0.4, 0.5) is 0 Å². The molecule has 0 aliphatic heterocycles. The number of methoxy groups -OCH3 is 2. The molecule has 3 aromatic rings. The topological polar surface area (TPSA) is 71.0 Å². The van der Waals surface area contributed by atoms with E-state index in [0.29, 0.717) is 29.7 Å². The second kappa shape index (κ2) is 5.63. The lowest BCUT2D eigenvalue weighted by atomic mass is 10.3. The van der Waals surface area contributed by atoms with Crippen LogP contribution in [0.2, 0.25) is 0 Å². The molecule has 2 heterocycles. The van der Waals surface area contributed by atoms with Crippen LogP contribution in [0, 0.1) is 0 Å². The van der Waals surface area contributed by atoms with E-state index in [1.165, 1.54) is 11.3 Å². The van der Waals surface area contributed by atoms with Crippen LogP contribution >= 0.6 is 11.3 Å². The lowest BCUT2D eigenvalue weighted by molar-refractivity contribution is 0.341. The van der Waals surface area contributed by atoms with Gasteiger partial charge in [0.15, 0.2) is 16.5 Å². The summed E-state index contributed by atoms with van der Waals surface area (Å²) in [6, 6.07) is 5.44. The summed E-state index contributed by atoms with van der Waals surface area (Å²) in [6.07, 6.45) is 1.92. The maximum Gasteiger partial charge on any atom is 0.243 e. The highest BCUT2D eigenvalue weighted by Gasteiger charge is 2.18. The molecule has 0 aliphatic carbocycles. The molecular weight excluding hydrogens is 290 g/mol. The Morgan fingerprint density at radius 3 is 2.57 bits per heavy atom. The summed E-state index contributed by atoms with van der Waals surface area (Å²) in [4.78, 5) is 5.29. The largest absolute Gasteiger partial charge is 0.493 e. The molecule has 0 atom stereocenters. The van der Waals surface area contributed by atoms with Crippen molar-refractivity contribution >= 4 is 16.3 Å². The van der Waals surface area contributed by atoms with Gasteiger partial charge < -0.3 is 19.9 Å².